The van der Waals surface area contributed by atoms with E-state index in [1.54, 1.807) is 7.05 Å². The van der Waals surface area contributed by atoms with Crippen LogP contribution < -0.4 is 10.6 Å². The van der Waals surface area contributed by atoms with Crippen molar-refractivity contribution in [2.75, 3.05) is 12.4 Å². The molecule has 3 rings (SSSR count). The highest BCUT2D eigenvalue weighted by Crippen LogP contribution is 2.27. The Bertz CT molecular complexity index is 973. The quantitative estimate of drug-likeness (QED) is 0.731. The maximum absolute atomic E-state index is 12.8. The Balaban J connectivity index is 1.84. The molecular formula is C21H22N2O3. The maximum atomic E-state index is 12.8. The van der Waals surface area contributed by atoms with Gasteiger partial charge in [-0.3, -0.25) is 9.59 Å². The lowest BCUT2D eigenvalue weighted by atomic mass is 10.1. The van der Waals surface area contributed by atoms with Crippen LogP contribution in [-0.4, -0.2) is 18.9 Å². The van der Waals surface area contributed by atoms with Crippen LogP contribution in [-0.2, 0) is 11.2 Å². The van der Waals surface area contributed by atoms with Gasteiger partial charge in [0.25, 0.3) is 5.91 Å². The number of furan rings is 1. The van der Waals surface area contributed by atoms with Crippen molar-refractivity contribution in [3.8, 4) is 0 Å². The molecular weight excluding hydrogens is 328 g/mol. The van der Waals surface area contributed by atoms with Crippen LogP contribution in [0.1, 0.15) is 33.7 Å². The summed E-state index contributed by atoms with van der Waals surface area (Å²) < 4.78 is 5.79. The summed E-state index contributed by atoms with van der Waals surface area (Å²) in [6.07, 6.45) is 0.917. The van der Waals surface area contributed by atoms with Crippen molar-refractivity contribution in [1.29, 1.82) is 0 Å². The molecule has 5 nitrogen and oxygen atoms in total. The van der Waals surface area contributed by atoms with Crippen LogP contribution in [0.4, 0.5) is 5.69 Å². The number of para-hydroxylation sites is 1. The first kappa shape index (κ1) is 17.7. The largest absolute Gasteiger partial charge is 0.451 e. The van der Waals surface area contributed by atoms with Gasteiger partial charge in [-0.05, 0) is 43.5 Å². The van der Waals surface area contributed by atoms with Crippen molar-refractivity contribution < 1.29 is 14.0 Å². The molecule has 0 aliphatic rings. The number of rotatable bonds is 5. The Hall–Kier alpha value is -3.08. The topological polar surface area (TPSA) is 71.3 Å². The van der Waals surface area contributed by atoms with E-state index >= 15 is 0 Å². The Morgan fingerprint density at radius 2 is 1.85 bits per heavy atom. The zero-order valence-electron chi connectivity index (χ0n) is 15.2. The number of carbonyl (C=O) groups is 2. The molecule has 3 aromatic rings. The molecule has 1 heterocycles. The third kappa shape index (κ3) is 3.61. The summed E-state index contributed by atoms with van der Waals surface area (Å²) in [5.74, 6) is -0.00919. The molecule has 1 aromatic heterocycles. The maximum Gasteiger partial charge on any atom is 0.291 e. The lowest BCUT2D eigenvalue weighted by Gasteiger charge is -2.10. The molecule has 0 aliphatic carbocycles. The molecule has 134 valence electrons. The van der Waals surface area contributed by atoms with Gasteiger partial charge in [-0.25, -0.2) is 0 Å². The van der Waals surface area contributed by atoms with Crippen molar-refractivity contribution in [3.05, 3.63) is 64.9 Å². The molecule has 2 aromatic carbocycles. The van der Waals surface area contributed by atoms with Crippen LogP contribution in [0.25, 0.3) is 11.0 Å². The summed E-state index contributed by atoms with van der Waals surface area (Å²) in [6.45, 7) is 3.87. The Kier molecular flexibility index (Phi) is 5.07. The van der Waals surface area contributed by atoms with Gasteiger partial charge in [0.15, 0.2) is 5.76 Å². The molecule has 0 saturated carbocycles. The number of anilines is 1. The van der Waals surface area contributed by atoms with Crippen LogP contribution in [0.15, 0.2) is 46.9 Å². The number of nitrogens with one attached hydrogen (secondary N) is 2. The van der Waals surface area contributed by atoms with E-state index in [2.05, 4.69) is 10.6 Å². The number of amides is 2. The fourth-order valence-electron chi connectivity index (χ4n) is 2.96. The standard InChI is InChI=1S/C21H22N2O3/c1-13-8-10-16-14(2)20(26-18(16)12-13)21(25)23-17-7-5-4-6-15(17)9-11-19(24)22-3/h4-8,10,12H,9,11H2,1-3H3,(H,22,24)(H,23,25). The van der Waals surface area contributed by atoms with E-state index < -0.39 is 0 Å². The summed E-state index contributed by atoms with van der Waals surface area (Å²) in [5, 5.41) is 6.47. The van der Waals surface area contributed by atoms with E-state index in [1.807, 2.05) is 56.3 Å². The zero-order valence-corrected chi connectivity index (χ0v) is 15.2. The molecule has 26 heavy (non-hydrogen) atoms. The molecule has 2 N–H and O–H groups in total. The van der Waals surface area contributed by atoms with Crippen molar-refractivity contribution in [3.63, 3.8) is 0 Å². The molecule has 0 unspecified atom stereocenters. The monoisotopic (exact) mass is 350 g/mol. The lowest BCUT2D eigenvalue weighted by molar-refractivity contribution is -0.120. The molecule has 0 aliphatic heterocycles. The van der Waals surface area contributed by atoms with Gasteiger partial charge < -0.3 is 15.1 Å². The molecule has 0 radical (unpaired) electrons. The molecule has 5 heteroatoms. The Morgan fingerprint density at radius 1 is 1.08 bits per heavy atom. The van der Waals surface area contributed by atoms with Crippen molar-refractivity contribution in [2.45, 2.75) is 26.7 Å². The highest BCUT2D eigenvalue weighted by molar-refractivity contribution is 6.06. The molecule has 0 saturated heterocycles. The molecule has 0 atom stereocenters. The average Bonchev–Trinajstić information content (AvgIpc) is 2.96. The summed E-state index contributed by atoms with van der Waals surface area (Å²) in [5.41, 5.74) is 4.21. The summed E-state index contributed by atoms with van der Waals surface area (Å²) in [6, 6.07) is 13.4. The first-order chi connectivity index (χ1) is 12.5. The van der Waals surface area contributed by atoms with Gasteiger partial charge in [0.1, 0.15) is 5.58 Å². The number of hydrogen-bond acceptors (Lipinski definition) is 3. The minimum atomic E-state index is -0.288. The molecule has 0 spiro atoms. The average molecular weight is 350 g/mol. The first-order valence-electron chi connectivity index (χ1n) is 8.59. The second kappa shape index (κ2) is 7.44. The first-order valence-corrected chi connectivity index (χ1v) is 8.59. The summed E-state index contributed by atoms with van der Waals surface area (Å²) >= 11 is 0. The van der Waals surface area contributed by atoms with E-state index in [0.29, 0.717) is 29.9 Å². The minimum absolute atomic E-state index is 0.0328. The molecule has 2 amide bonds. The van der Waals surface area contributed by atoms with Crippen molar-refractivity contribution >= 4 is 28.5 Å². The van der Waals surface area contributed by atoms with E-state index in [-0.39, 0.29) is 11.8 Å². The third-order valence-corrected chi connectivity index (χ3v) is 4.47. The van der Waals surface area contributed by atoms with Crippen molar-refractivity contribution in [1.82, 2.24) is 5.32 Å². The molecule has 0 fully saturated rings. The summed E-state index contributed by atoms with van der Waals surface area (Å²) in [7, 11) is 1.61. The van der Waals surface area contributed by atoms with Crippen LogP contribution >= 0.6 is 0 Å². The van der Waals surface area contributed by atoms with E-state index in [9.17, 15) is 9.59 Å². The highest BCUT2D eigenvalue weighted by Gasteiger charge is 2.18. The van der Waals surface area contributed by atoms with E-state index in [4.69, 9.17) is 4.42 Å². The van der Waals surface area contributed by atoms with Crippen LogP contribution in [0, 0.1) is 13.8 Å². The smallest absolute Gasteiger partial charge is 0.291 e. The van der Waals surface area contributed by atoms with Gasteiger partial charge in [0, 0.05) is 30.1 Å². The highest BCUT2D eigenvalue weighted by atomic mass is 16.3. The van der Waals surface area contributed by atoms with Crippen LogP contribution in [0.3, 0.4) is 0 Å². The fourth-order valence-corrected chi connectivity index (χ4v) is 2.96. The van der Waals surface area contributed by atoms with Gasteiger partial charge in [0.05, 0.1) is 0 Å². The van der Waals surface area contributed by atoms with Crippen LogP contribution in [0.5, 0.6) is 0 Å². The van der Waals surface area contributed by atoms with Crippen LogP contribution in [0.2, 0.25) is 0 Å². The predicted octanol–water partition coefficient (Wildman–Crippen LogP) is 3.98. The third-order valence-electron chi connectivity index (χ3n) is 4.47. The Morgan fingerprint density at radius 3 is 2.62 bits per heavy atom. The normalized spacial score (nSPS) is 10.7. The number of carbonyl (C=O) groups excluding carboxylic acids is 2. The second-order valence-corrected chi connectivity index (χ2v) is 6.34. The van der Waals surface area contributed by atoms with Gasteiger partial charge in [-0.1, -0.05) is 30.3 Å². The zero-order chi connectivity index (χ0) is 18.7. The summed E-state index contributed by atoms with van der Waals surface area (Å²) in [4.78, 5) is 24.3. The molecule has 0 bridgehead atoms. The number of aryl methyl sites for hydroxylation is 3. The lowest BCUT2D eigenvalue weighted by Crippen LogP contribution is -2.18. The number of benzene rings is 2. The predicted molar refractivity (Wildman–Crippen MR) is 102 cm³/mol. The Labute approximate surface area is 152 Å². The minimum Gasteiger partial charge on any atom is -0.451 e. The van der Waals surface area contributed by atoms with Gasteiger partial charge >= 0.3 is 0 Å². The van der Waals surface area contributed by atoms with Gasteiger partial charge in [0.2, 0.25) is 5.91 Å². The van der Waals surface area contributed by atoms with E-state index in [0.717, 1.165) is 22.1 Å². The van der Waals surface area contributed by atoms with Gasteiger partial charge in [-0.2, -0.15) is 0 Å². The van der Waals surface area contributed by atoms with Gasteiger partial charge in [-0.15, -0.1) is 0 Å². The fraction of sp³-hybridized carbons (Fsp3) is 0.238. The number of hydrogen-bond donors (Lipinski definition) is 2. The SMILES string of the molecule is CNC(=O)CCc1ccccc1NC(=O)c1oc2cc(C)ccc2c1C. The number of fused-ring (bicyclic) bond motifs is 1. The van der Waals surface area contributed by atoms with E-state index in [1.165, 1.54) is 0 Å². The van der Waals surface area contributed by atoms with Crippen molar-refractivity contribution in [2.24, 2.45) is 0 Å². The second-order valence-electron chi connectivity index (χ2n) is 6.34.